The second-order valence-corrected chi connectivity index (χ2v) is 8.96. The number of carbonyl (C=O) groups excluding carboxylic acids is 1. The van der Waals surface area contributed by atoms with Gasteiger partial charge in [-0.15, -0.1) is 11.3 Å². The van der Waals surface area contributed by atoms with Crippen molar-refractivity contribution < 1.29 is 14.3 Å². The van der Waals surface area contributed by atoms with Crippen molar-refractivity contribution in [1.82, 2.24) is 14.9 Å². The predicted molar refractivity (Wildman–Crippen MR) is 135 cm³/mol. The minimum atomic E-state index is -0.0373. The van der Waals surface area contributed by atoms with E-state index in [2.05, 4.69) is 33.1 Å². The number of nitrogens with zero attached hydrogens (tertiary/aromatic N) is 4. The fraction of sp³-hybridized carbons (Fsp3) is 0.240. The highest BCUT2D eigenvalue weighted by Gasteiger charge is 2.24. The van der Waals surface area contributed by atoms with Crippen molar-refractivity contribution in [3.8, 4) is 21.9 Å². The van der Waals surface area contributed by atoms with Gasteiger partial charge in [0.25, 0.3) is 5.91 Å². The Morgan fingerprint density at radius 2 is 1.71 bits per heavy atom. The van der Waals surface area contributed by atoms with Crippen LogP contribution in [0.25, 0.3) is 20.7 Å². The first-order chi connectivity index (χ1) is 16.6. The third kappa shape index (κ3) is 4.60. The average molecular weight is 476 g/mol. The molecule has 2 N–H and O–H groups in total. The van der Waals surface area contributed by atoms with Crippen molar-refractivity contribution in [3.63, 3.8) is 0 Å². The number of carbonyl (C=O) groups is 1. The van der Waals surface area contributed by atoms with Crippen molar-refractivity contribution in [3.05, 3.63) is 60.7 Å². The summed E-state index contributed by atoms with van der Waals surface area (Å²) in [5.74, 6) is 2.43. The molecule has 1 fully saturated rings. The molecule has 3 heterocycles. The number of rotatable bonds is 6. The molecule has 0 bridgehead atoms. The zero-order chi connectivity index (χ0) is 23.5. The average Bonchev–Trinajstić information content (AvgIpc) is 3.32. The summed E-state index contributed by atoms with van der Waals surface area (Å²) in [5, 5.41) is 0.987. The Morgan fingerprint density at radius 3 is 2.41 bits per heavy atom. The summed E-state index contributed by atoms with van der Waals surface area (Å²) in [6, 6.07) is 19.5. The number of fused-ring (bicyclic) bond motifs is 1. The van der Waals surface area contributed by atoms with Crippen LogP contribution in [0, 0.1) is 0 Å². The number of hydrogen-bond donors (Lipinski definition) is 1. The highest BCUT2D eigenvalue weighted by Crippen LogP contribution is 2.37. The van der Waals surface area contributed by atoms with Crippen molar-refractivity contribution in [1.29, 1.82) is 0 Å². The fourth-order valence-electron chi connectivity index (χ4n) is 3.98. The zero-order valence-electron chi connectivity index (χ0n) is 18.8. The molecule has 0 radical (unpaired) electrons. The standard InChI is InChI=1S/C25H25N5O3S/c1-32-18-7-9-19(10-8-18)33-16-22(31)29-11-13-30(14-12-29)23-20-15-21(17-5-3-2-4-6-17)34-24(20)28-25(26)27-23/h2-10,15H,11-14,16H2,1H3,(H2,26,27,28). The zero-order valence-corrected chi connectivity index (χ0v) is 19.6. The van der Waals surface area contributed by atoms with Crippen molar-refractivity contribution in [2.24, 2.45) is 0 Å². The maximum atomic E-state index is 12.7. The Balaban J connectivity index is 1.25. The predicted octanol–water partition coefficient (Wildman–Crippen LogP) is 3.68. The quantitative estimate of drug-likeness (QED) is 0.455. The number of anilines is 2. The van der Waals surface area contributed by atoms with Gasteiger partial charge in [-0.05, 0) is 35.9 Å². The summed E-state index contributed by atoms with van der Waals surface area (Å²) < 4.78 is 10.8. The van der Waals surface area contributed by atoms with Crippen LogP contribution in [0.5, 0.6) is 11.5 Å². The summed E-state index contributed by atoms with van der Waals surface area (Å²) >= 11 is 1.61. The molecule has 34 heavy (non-hydrogen) atoms. The second-order valence-electron chi connectivity index (χ2n) is 7.93. The normalized spacial score (nSPS) is 13.8. The van der Waals surface area contributed by atoms with E-state index in [0.717, 1.165) is 32.2 Å². The Morgan fingerprint density at radius 1 is 1.00 bits per heavy atom. The van der Waals surface area contributed by atoms with Gasteiger partial charge in [0.05, 0.1) is 12.5 Å². The van der Waals surface area contributed by atoms with E-state index in [1.807, 2.05) is 23.1 Å². The van der Waals surface area contributed by atoms with Gasteiger partial charge in [-0.2, -0.15) is 4.98 Å². The molecule has 0 saturated carbocycles. The van der Waals surface area contributed by atoms with E-state index < -0.39 is 0 Å². The Labute approximate surface area is 201 Å². The van der Waals surface area contributed by atoms with E-state index in [9.17, 15) is 4.79 Å². The third-order valence-corrected chi connectivity index (χ3v) is 6.88. The number of ether oxygens (including phenoxy) is 2. The fourth-order valence-corrected chi connectivity index (χ4v) is 5.02. The van der Waals surface area contributed by atoms with Crippen LogP contribution in [0.15, 0.2) is 60.7 Å². The molecule has 0 atom stereocenters. The van der Waals surface area contributed by atoms with Gasteiger partial charge in [0.1, 0.15) is 22.1 Å². The highest BCUT2D eigenvalue weighted by atomic mass is 32.1. The molecule has 8 nitrogen and oxygen atoms in total. The molecule has 0 unspecified atom stereocenters. The van der Waals surface area contributed by atoms with E-state index in [0.29, 0.717) is 31.9 Å². The lowest BCUT2D eigenvalue weighted by molar-refractivity contribution is -0.133. The van der Waals surface area contributed by atoms with Crippen molar-refractivity contribution in [2.75, 3.05) is 50.5 Å². The van der Waals surface area contributed by atoms with E-state index in [4.69, 9.17) is 15.2 Å². The van der Waals surface area contributed by atoms with Gasteiger partial charge in [0.2, 0.25) is 5.95 Å². The Hall–Kier alpha value is -3.85. The van der Waals surface area contributed by atoms with E-state index in [1.165, 1.54) is 0 Å². The van der Waals surface area contributed by atoms with Gasteiger partial charge >= 0.3 is 0 Å². The molecule has 4 aromatic rings. The van der Waals surface area contributed by atoms with Crippen LogP contribution in [-0.2, 0) is 4.79 Å². The van der Waals surface area contributed by atoms with Crippen LogP contribution in [0.2, 0.25) is 0 Å². The van der Waals surface area contributed by atoms with Crippen LogP contribution in [-0.4, -0.2) is 60.7 Å². The SMILES string of the molecule is COc1ccc(OCC(=O)N2CCN(c3nc(N)nc4sc(-c5ccccc5)cc34)CC2)cc1. The minimum Gasteiger partial charge on any atom is -0.497 e. The highest BCUT2D eigenvalue weighted by molar-refractivity contribution is 7.22. The first kappa shape index (κ1) is 22.0. The van der Waals surface area contributed by atoms with E-state index in [-0.39, 0.29) is 18.5 Å². The topological polar surface area (TPSA) is 93.8 Å². The number of nitrogen functional groups attached to an aromatic ring is 1. The molecule has 1 amide bonds. The number of hydrogen-bond acceptors (Lipinski definition) is 8. The number of benzene rings is 2. The maximum absolute atomic E-state index is 12.7. The molecule has 1 aliphatic heterocycles. The largest absolute Gasteiger partial charge is 0.497 e. The van der Waals surface area contributed by atoms with Gasteiger partial charge in [-0.25, -0.2) is 4.98 Å². The van der Waals surface area contributed by atoms with Crippen LogP contribution >= 0.6 is 11.3 Å². The summed E-state index contributed by atoms with van der Waals surface area (Å²) in [6.45, 7) is 2.51. The molecule has 2 aromatic heterocycles. The van der Waals surface area contributed by atoms with Crippen LogP contribution in [0.4, 0.5) is 11.8 Å². The van der Waals surface area contributed by atoms with Crippen LogP contribution in [0.3, 0.4) is 0 Å². The molecule has 2 aromatic carbocycles. The van der Waals surface area contributed by atoms with Gasteiger partial charge in [-0.3, -0.25) is 4.79 Å². The van der Waals surface area contributed by atoms with Gasteiger partial charge in [0.15, 0.2) is 6.61 Å². The van der Waals surface area contributed by atoms with Crippen molar-refractivity contribution in [2.45, 2.75) is 0 Å². The second kappa shape index (κ2) is 9.56. The molecule has 0 aliphatic carbocycles. The lowest BCUT2D eigenvalue weighted by Crippen LogP contribution is -2.50. The number of methoxy groups -OCH3 is 1. The van der Waals surface area contributed by atoms with E-state index in [1.54, 1.807) is 42.7 Å². The monoisotopic (exact) mass is 475 g/mol. The number of nitrogens with two attached hydrogens (primary N) is 1. The van der Waals surface area contributed by atoms with Gasteiger partial charge in [-0.1, -0.05) is 30.3 Å². The third-order valence-electron chi connectivity index (χ3n) is 5.80. The maximum Gasteiger partial charge on any atom is 0.260 e. The Kier molecular flexibility index (Phi) is 6.18. The van der Waals surface area contributed by atoms with Crippen molar-refractivity contribution >= 4 is 39.2 Å². The Bertz CT molecular complexity index is 1290. The minimum absolute atomic E-state index is 0.00198. The summed E-state index contributed by atoms with van der Waals surface area (Å²) in [7, 11) is 1.61. The smallest absolute Gasteiger partial charge is 0.260 e. The lowest BCUT2D eigenvalue weighted by atomic mass is 10.2. The van der Waals surface area contributed by atoms with Crippen LogP contribution < -0.4 is 20.1 Å². The number of amides is 1. The molecule has 9 heteroatoms. The summed E-state index contributed by atoms with van der Waals surface area (Å²) in [4.78, 5) is 27.7. The first-order valence-corrected chi connectivity index (χ1v) is 11.8. The number of thiophene rings is 1. The number of aromatic nitrogens is 2. The number of piperazine rings is 1. The van der Waals surface area contributed by atoms with Crippen LogP contribution in [0.1, 0.15) is 0 Å². The summed E-state index contributed by atoms with van der Waals surface area (Å²) in [6.07, 6.45) is 0. The molecule has 1 aliphatic rings. The first-order valence-electron chi connectivity index (χ1n) is 11.0. The van der Waals surface area contributed by atoms with Gasteiger partial charge in [0, 0.05) is 31.1 Å². The molecule has 0 spiro atoms. The lowest BCUT2D eigenvalue weighted by Gasteiger charge is -2.35. The molecule has 174 valence electrons. The summed E-state index contributed by atoms with van der Waals surface area (Å²) in [5.41, 5.74) is 7.18. The van der Waals surface area contributed by atoms with E-state index >= 15 is 0 Å². The molecular weight excluding hydrogens is 450 g/mol. The molecule has 5 rings (SSSR count). The van der Waals surface area contributed by atoms with Gasteiger partial charge < -0.3 is 25.0 Å². The molecule has 1 saturated heterocycles. The molecular formula is C25H25N5O3S.